The number of carbonyl (C=O) groups is 3. The van der Waals surface area contributed by atoms with Crippen LogP contribution in [0.4, 0.5) is 4.79 Å². The standard InChI is InChI=1S/C48H61N7O7/c1-48(2,3)62-47(59)53-40(25-34-14-7-4-8-15-34)46(58)55(42(44(49)57)27-39-28-50-32-52-39)41(26-37-20-13-21-38(24-37)31-60-29-35-16-9-5-10-17-35)43(56)45-51-22-23-54(45)33-61-30-36-18-11-6-12-19-36/h4-12,14-19,22-23,28,32,37-38,40-43,56H,13,20-21,24-27,29-31,33H2,1-3H3,(H2,49,57)(H,50,52)(H,53,59)/t37?,38?,40-,41-,42-,43+/m0/s1. The van der Waals surface area contributed by atoms with Gasteiger partial charge in [0, 0.05) is 43.7 Å². The van der Waals surface area contributed by atoms with Crippen molar-refractivity contribution in [1.29, 1.82) is 0 Å². The minimum Gasteiger partial charge on any atom is -0.444 e. The number of aromatic amines is 1. The largest absolute Gasteiger partial charge is 0.444 e. The van der Waals surface area contributed by atoms with Crippen LogP contribution < -0.4 is 11.1 Å². The number of benzene rings is 3. The van der Waals surface area contributed by atoms with Gasteiger partial charge in [0.05, 0.1) is 25.6 Å². The van der Waals surface area contributed by atoms with Gasteiger partial charge in [0.25, 0.3) is 0 Å². The Morgan fingerprint density at radius 1 is 0.903 bits per heavy atom. The number of alkyl carbamates (subject to hydrolysis) is 1. The molecule has 2 heterocycles. The van der Waals surface area contributed by atoms with Gasteiger partial charge in [0.1, 0.15) is 36.3 Å². The Bertz CT molecular complexity index is 2110. The smallest absolute Gasteiger partial charge is 0.408 e. The molecule has 1 fully saturated rings. The summed E-state index contributed by atoms with van der Waals surface area (Å²) in [6.07, 6.45) is 8.00. The lowest BCUT2D eigenvalue weighted by molar-refractivity contribution is -0.148. The molecule has 0 saturated heterocycles. The van der Waals surface area contributed by atoms with E-state index in [0.717, 1.165) is 42.4 Å². The molecule has 6 rings (SSSR count). The van der Waals surface area contributed by atoms with Crippen molar-refractivity contribution in [3.63, 3.8) is 0 Å². The van der Waals surface area contributed by atoms with Gasteiger partial charge in [0.2, 0.25) is 11.8 Å². The summed E-state index contributed by atoms with van der Waals surface area (Å²) in [7, 11) is 0. The molecule has 0 bridgehead atoms. The minimum atomic E-state index is -1.41. The van der Waals surface area contributed by atoms with Crippen LogP contribution in [0, 0.1) is 11.8 Å². The fraction of sp³-hybridized carbons (Fsp3) is 0.438. The highest BCUT2D eigenvalue weighted by molar-refractivity contribution is 5.91. The molecule has 14 heteroatoms. The van der Waals surface area contributed by atoms with E-state index < -0.39 is 47.7 Å². The van der Waals surface area contributed by atoms with Gasteiger partial charge in [-0.15, -0.1) is 0 Å². The van der Waals surface area contributed by atoms with Gasteiger partial charge >= 0.3 is 6.09 Å². The lowest BCUT2D eigenvalue weighted by Gasteiger charge is -2.43. The summed E-state index contributed by atoms with van der Waals surface area (Å²) in [6, 6.07) is 25.6. The van der Waals surface area contributed by atoms with Crippen LogP contribution in [-0.4, -0.2) is 77.8 Å². The first kappa shape index (κ1) is 45.7. The highest BCUT2D eigenvalue weighted by atomic mass is 16.6. The number of H-pyrrole nitrogens is 1. The number of amides is 3. The van der Waals surface area contributed by atoms with Crippen LogP contribution >= 0.6 is 0 Å². The highest BCUT2D eigenvalue weighted by Crippen LogP contribution is 2.37. The zero-order valence-corrected chi connectivity index (χ0v) is 36.0. The first-order valence-electron chi connectivity index (χ1n) is 21.5. The number of hydrogen-bond acceptors (Lipinski definition) is 9. The third kappa shape index (κ3) is 13.6. The molecule has 1 saturated carbocycles. The molecule has 2 aromatic heterocycles. The molecule has 0 aliphatic heterocycles. The van der Waals surface area contributed by atoms with Gasteiger partial charge in [0.15, 0.2) is 0 Å². The Morgan fingerprint density at radius 3 is 2.15 bits per heavy atom. The predicted octanol–water partition coefficient (Wildman–Crippen LogP) is 6.66. The van der Waals surface area contributed by atoms with Crippen LogP contribution in [0.2, 0.25) is 0 Å². The SMILES string of the molecule is CC(C)(C)OC(=O)N[C@@H](Cc1ccccc1)C(=O)N([C@@H](Cc1cnc[nH]1)C(N)=O)[C@@H](CC1CCCC(COCc2ccccc2)C1)[C@@H](O)c1nccn1COCc1ccccc1. The number of ether oxygens (including phenoxy) is 3. The number of nitrogens with two attached hydrogens (primary N) is 1. The van der Waals surface area contributed by atoms with Crippen LogP contribution in [0.3, 0.4) is 0 Å². The van der Waals surface area contributed by atoms with Crippen molar-refractivity contribution in [2.75, 3.05) is 6.61 Å². The van der Waals surface area contributed by atoms with E-state index in [2.05, 4.69) is 20.3 Å². The number of aliphatic hydroxyl groups is 1. The topological polar surface area (TPSA) is 187 Å². The second-order valence-electron chi connectivity index (χ2n) is 17.2. The van der Waals surface area contributed by atoms with E-state index in [-0.39, 0.29) is 37.2 Å². The van der Waals surface area contributed by atoms with Gasteiger partial charge < -0.3 is 44.8 Å². The Morgan fingerprint density at radius 2 is 1.53 bits per heavy atom. The number of aromatic nitrogens is 4. The Hall–Kier alpha value is -5.83. The summed E-state index contributed by atoms with van der Waals surface area (Å²) in [4.78, 5) is 56.2. The molecule has 0 spiro atoms. The molecule has 62 heavy (non-hydrogen) atoms. The maximum Gasteiger partial charge on any atom is 0.408 e. The average Bonchev–Trinajstić information content (AvgIpc) is 3.96. The lowest BCUT2D eigenvalue weighted by atomic mass is 9.77. The fourth-order valence-electron chi connectivity index (χ4n) is 8.29. The van der Waals surface area contributed by atoms with Crippen LogP contribution in [0.25, 0.3) is 0 Å². The molecule has 5 aromatic rings. The Balaban J connectivity index is 1.37. The van der Waals surface area contributed by atoms with Gasteiger partial charge in [-0.05, 0) is 68.6 Å². The zero-order chi connectivity index (χ0) is 43.9. The molecular weight excluding hydrogens is 787 g/mol. The number of aliphatic hydroxyl groups excluding tert-OH is 1. The van der Waals surface area contributed by atoms with Gasteiger partial charge in [-0.2, -0.15) is 0 Å². The lowest BCUT2D eigenvalue weighted by Crippen LogP contribution is -2.61. The second-order valence-corrected chi connectivity index (χ2v) is 17.2. The van der Waals surface area contributed by atoms with E-state index in [0.29, 0.717) is 31.9 Å². The van der Waals surface area contributed by atoms with Crippen molar-refractivity contribution in [3.05, 3.63) is 144 Å². The third-order valence-electron chi connectivity index (χ3n) is 11.2. The van der Waals surface area contributed by atoms with Gasteiger partial charge in [-0.3, -0.25) is 9.59 Å². The van der Waals surface area contributed by atoms with Crippen LogP contribution in [0.15, 0.2) is 116 Å². The van der Waals surface area contributed by atoms with E-state index in [1.807, 2.05) is 91.0 Å². The predicted molar refractivity (Wildman–Crippen MR) is 234 cm³/mol. The summed E-state index contributed by atoms with van der Waals surface area (Å²) in [5.74, 6) is -0.877. The molecule has 5 N–H and O–H groups in total. The zero-order valence-electron chi connectivity index (χ0n) is 36.0. The monoisotopic (exact) mass is 847 g/mol. The number of hydrogen-bond donors (Lipinski definition) is 4. The van der Waals surface area contributed by atoms with Crippen LogP contribution in [0.5, 0.6) is 0 Å². The Kier molecular flexibility index (Phi) is 16.4. The number of carbonyl (C=O) groups excluding carboxylic acids is 3. The number of rotatable bonds is 21. The van der Waals surface area contributed by atoms with E-state index >= 15 is 4.79 Å². The van der Waals surface area contributed by atoms with Gasteiger partial charge in [-0.1, -0.05) is 104 Å². The normalized spacial score (nSPS) is 17.4. The minimum absolute atomic E-state index is 0.0221. The maximum atomic E-state index is 15.6. The second kappa shape index (κ2) is 22.3. The number of imidazole rings is 2. The highest BCUT2D eigenvalue weighted by Gasteiger charge is 2.44. The number of primary amides is 1. The van der Waals surface area contributed by atoms with Crippen molar-refractivity contribution in [2.24, 2.45) is 17.6 Å². The molecule has 0 radical (unpaired) electrons. The molecule has 3 aromatic carbocycles. The summed E-state index contributed by atoms with van der Waals surface area (Å²) in [5.41, 5.74) is 8.82. The molecule has 3 amide bonds. The molecule has 6 atom stereocenters. The maximum absolute atomic E-state index is 15.6. The Labute approximate surface area is 364 Å². The van der Waals surface area contributed by atoms with Crippen molar-refractivity contribution in [3.8, 4) is 0 Å². The van der Waals surface area contributed by atoms with E-state index in [4.69, 9.17) is 19.9 Å². The van der Waals surface area contributed by atoms with E-state index in [9.17, 15) is 14.7 Å². The first-order valence-corrected chi connectivity index (χ1v) is 21.5. The quantitative estimate of drug-likeness (QED) is 0.0627. The summed E-state index contributed by atoms with van der Waals surface area (Å²) in [6.45, 7) is 6.67. The molecule has 2 unspecified atom stereocenters. The van der Waals surface area contributed by atoms with Crippen molar-refractivity contribution < 1.29 is 33.7 Å². The number of nitrogens with zero attached hydrogens (tertiary/aromatic N) is 4. The average molecular weight is 848 g/mol. The number of nitrogens with one attached hydrogen (secondary N) is 2. The summed E-state index contributed by atoms with van der Waals surface area (Å²) >= 11 is 0. The molecular formula is C48H61N7O7. The van der Waals surface area contributed by atoms with Gasteiger partial charge in [-0.25, -0.2) is 14.8 Å². The van der Waals surface area contributed by atoms with Crippen molar-refractivity contribution >= 4 is 17.9 Å². The van der Waals surface area contributed by atoms with Crippen molar-refractivity contribution in [1.82, 2.24) is 29.7 Å². The first-order chi connectivity index (χ1) is 29.9. The van der Waals surface area contributed by atoms with E-state index in [1.54, 1.807) is 43.9 Å². The molecule has 14 nitrogen and oxygen atoms in total. The van der Waals surface area contributed by atoms with Crippen molar-refractivity contribution in [2.45, 2.75) is 115 Å². The summed E-state index contributed by atoms with van der Waals surface area (Å²) in [5, 5.41) is 15.6. The molecule has 1 aliphatic carbocycles. The molecule has 1 aliphatic rings. The van der Waals surface area contributed by atoms with Crippen LogP contribution in [-0.2, 0) is 56.6 Å². The third-order valence-corrected chi connectivity index (χ3v) is 11.2. The summed E-state index contributed by atoms with van der Waals surface area (Å²) < 4.78 is 19.7. The van der Waals surface area contributed by atoms with E-state index in [1.165, 1.54) is 11.2 Å². The van der Waals surface area contributed by atoms with Crippen LogP contribution in [0.1, 0.15) is 87.2 Å². The fourth-order valence-corrected chi connectivity index (χ4v) is 8.29. The molecule has 330 valence electrons.